The highest BCUT2D eigenvalue weighted by Gasteiger charge is 2.24. The van der Waals surface area contributed by atoms with Crippen LogP contribution >= 0.6 is 11.3 Å². The van der Waals surface area contributed by atoms with Crippen LogP contribution in [0, 0.1) is 20.8 Å². The molecule has 2 aromatic carbocycles. The smallest absolute Gasteiger partial charge is 0.328 e. The van der Waals surface area contributed by atoms with Crippen LogP contribution in [0.4, 0.5) is 0 Å². The molecule has 3 rings (SSSR count). The normalized spacial score (nSPS) is 11.6. The Balaban J connectivity index is 1.78. The minimum absolute atomic E-state index is 0.292. The minimum Gasteiger partial charge on any atom is -0.467 e. The lowest BCUT2D eigenvalue weighted by molar-refractivity contribution is -0.142. The Morgan fingerprint density at radius 1 is 1.13 bits per heavy atom. The van der Waals surface area contributed by atoms with Crippen LogP contribution in [-0.2, 0) is 16.0 Å². The number of carbonyl (C=O) groups is 3. The number of rotatable bonds is 7. The van der Waals surface area contributed by atoms with E-state index >= 15 is 0 Å². The molecule has 0 spiro atoms. The third kappa shape index (κ3) is 5.24. The number of methoxy groups -OCH3 is 1. The van der Waals surface area contributed by atoms with Crippen LogP contribution in [0.15, 0.2) is 42.6 Å². The van der Waals surface area contributed by atoms with Gasteiger partial charge in [-0.05, 0) is 37.5 Å². The molecule has 0 aliphatic heterocycles. The van der Waals surface area contributed by atoms with Gasteiger partial charge in [-0.15, -0.1) is 11.3 Å². The molecule has 6 nitrogen and oxygen atoms in total. The molecule has 1 amide bonds. The molecular weight excluding hydrogens is 412 g/mol. The molecule has 1 atom stereocenters. The van der Waals surface area contributed by atoms with Crippen LogP contribution in [0.2, 0.25) is 0 Å². The van der Waals surface area contributed by atoms with Crippen molar-refractivity contribution in [3.63, 3.8) is 0 Å². The largest absolute Gasteiger partial charge is 0.467 e. The van der Waals surface area contributed by atoms with Gasteiger partial charge >= 0.3 is 5.97 Å². The van der Waals surface area contributed by atoms with Crippen LogP contribution in [0.25, 0.3) is 10.6 Å². The number of benzene rings is 2. The molecule has 31 heavy (non-hydrogen) atoms. The second kappa shape index (κ2) is 9.66. The molecule has 0 radical (unpaired) electrons. The van der Waals surface area contributed by atoms with Gasteiger partial charge in [0.25, 0.3) is 5.91 Å². The maximum absolute atomic E-state index is 12.9. The lowest BCUT2D eigenvalue weighted by atomic mass is 9.98. The van der Waals surface area contributed by atoms with Crippen LogP contribution in [-0.4, -0.2) is 36.3 Å². The maximum atomic E-state index is 12.9. The van der Waals surface area contributed by atoms with Crippen molar-refractivity contribution in [2.75, 3.05) is 7.11 Å². The summed E-state index contributed by atoms with van der Waals surface area (Å²) < 4.78 is 4.91. The predicted molar refractivity (Wildman–Crippen MR) is 121 cm³/mol. The van der Waals surface area contributed by atoms with Crippen molar-refractivity contribution in [3.8, 4) is 10.6 Å². The molecule has 1 N–H and O–H groups in total. The Bertz CT molecular complexity index is 1100. The zero-order valence-corrected chi connectivity index (χ0v) is 18.7. The topological polar surface area (TPSA) is 85.4 Å². The summed E-state index contributed by atoms with van der Waals surface area (Å²) in [4.78, 5) is 41.0. The summed E-state index contributed by atoms with van der Waals surface area (Å²) in [5.41, 5.74) is 5.12. The SMILES string of the molecule is COC(=O)[C@H](Cc1ccc(-c2ncc(C=O)s2)cc1)NC(=O)c1c(C)cc(C)cc1C. The van der Waals surface area contributed by atoms with Gasteiger partial charge < -0.3 is 10.1 Å². The molecule has 160 valence electrons. The number of carbonyl (C=O) groups excluding carboxylic acids is 3. The van der Waals surface area contributed by atoms with Crippen molar-refractivity contribution < 1.29 is 19.1 Å². The van der Waals surface area contributed by atoms with E-state index in [1.807, 2.05) is 57.2 Å². The maximum Gasteiger partial charge on any atom is 0.328 e. The second-order valence-corrected chi connectivity index (χ2v) is 8.47. The number of nitrogens with one attached hydrogen (secondary N) is 1. The molecule has 0 fully saturated rings. The van der Waals surface area contributed by atoms with Crippen molar-refractivity contribution in [2.45, 2.75) is 33.2 Å². The number of hydrogen-bond acceptors (Lipinski definition) is 6. The van der Waals surface area contributed by atoms with Gasteiger partial charge in [0.2, 0.25) is 0 Å². The van der Waals surface area contributed by atoms with Crippen molar-refractivity contribution in [1.82, 2.24) is 10.3 Å². The highest BCUT2D eigenvalue weighted by Crippen LogP contribution is 2.25. The molecule has 0 saturated carbocycles. The van der Waals surface area contributed by atoms with Crippen molar-refractivity contribution >= 4 is 29.5 Å². The van der Waals surface area contributed by atoms with E-state index in [1.54, 1.807) is 6.20 Å². The second-order valence-electron chi connectivity index (χ2n) is 7.41. The fraction of sp³-hybridized carbons (Fsp3) is 0.250. The lowest BCUT2D eigenvalue weighted by Crippen LogP contribution is -2.43. The summed E-state index contributed by atoms with van der Waals surface area (Å²) in [6.45, 7) is 5.75. The van der Waals surface area contributed by atoms with Crippen molar-refractivity contribution in [2.24, 2.45) is 0 Å². The van der Waals surface area contributed by atoms with Crippen molar-refractivity contribution in [3.05, 3.63) is 75.3 Å². The van der Waals surface area contributed by atoms with E-state index in [9.17, 15) is 14.4 Å². The van der Waals surface area contributed by atoms with Gasteiger partial charge in [0.1, 0.15) is 11.0 Å². The molecule has 7 heteroatoms. The number of hydrogen-bond donors (Lipinski definition) is 1. The first-order chi connectivity index (χ1) is 14.8. The number of esters is 1. The van der Waals surface area contributed by atoms with E-state index < -0.39 is 12.0 Å². The average molecular weight is 437 g/mol. The van der Waals surface area contributed by atoms with Gasteiger partial charge in [-0.25, -0.2) is 9.78 Å². The van der Waals surface area contributed by atoms with Gasteiger partial charge in [0.05, 0.1) is 12.0 Å². The Kier molecular flexibility index (Phi) is 6.97. The van der Waals surface area contributed by atoms with E-state index in [1.165, 1.54) is 18.4 Å². The predicted octanol–water partition coefficient (Wildman–Crippen LogP) is 4.06. The number of aryl methyl sites for hydroxylation is 3. The Morgan fingerprint density at radius 2 is 1.77 bits per heavy atom. The summed E-state index contributed by atoms with van der Waals surface area (Å²) in [5.74, 6) is -0.804. The summed E-state index contributed by atoms with van der Waals surface area (Å²) in [6.07, 6.45) is 2.61. The molecule has 0 bridgehead atoms. The van der Waals surface area contributed by atoms with Crippen LogP contribution in [0.3, 0.4) is 0 Å². The number of thiazole rings is 1. The van der Waals surface area contributed by atoms with Crippen molar-refractivity contribution in [1.29, 1.82) is 0 Å². The zero-order chi connectivity index (χ0) is 22.5. The highest BCUT2D eigenvalue weighted by atomic mass is 32.1. The lowest BCUT2D eigenvalue weighted by Gasteiger charge is -2.19. The molecular formula is C24H24N2O4S. The van der Waals surface area contributed by atoms with Gasteiger partial charge in [-0.2, -0.15) is 0 Å². The average Bonchev–Trinajstić information content (AvgIpc) is 3.21. The molecule has 0 aliphatic rings. The Morgan fingerprint density at radius 3 is 2.32 bits per heavy atom. The minimum atomic E-state index is -0.815. The fourth-order valence-electron chi connectivity index (χ4n) is 3.60. The molecule has 0 saturated heterocycles. The van der Waals surface area contributed by atoms with Gasteiger partial charge in [0, 0.05) is 23.7 Å². The van der Waals surface area contributed by atoms with Crippen LogP contribution in [0.5, 0.6) is 0 Å². The third-order valence-corrected chi connectivity index (χ3v) is 5.95. The van der Waals surface area contributed by atoms with E-state index in [4.69, 9.17) is 4.74 Å². The number of aromatic nitrogens is 1. The Labute approximate surface area is 185 Å². The first kappa shape index (κ1) is 22.4. The highest BCUT2D eigenvalue weighted by molar-refractivity contribution is 7.16. The van der Waals surface area contributed by atoms with Crippen LogP contribution in [0.1, 0.15) is 42.3 Å². The number of aldehydes is 1. The quantitative estimate of drug-likeness (QED) is 0.446. The molecule has 0 unspecified atom stereocenters. The van der Waals surface area contributed by atoms with Gasteiger partial charge in [0.15, 0.2) is 6.29 Å². The molecule has 1 aromatic heterocycles. The first-order valence-electron chi connectivity index (χ1n) is 9.79. The standard InChI is InChI=1S/C24H24N2O4S/c1-14-9-15(2)21(16(3)10-14)22(28)26-20(24(29)30-4)11-17-5-7-18(8-6-17)23-25-12-19(13-27)31-23/h5-10,12-13,20H,11H2,1-4H3,(H,26,28)/t20-/m0/s1. The van der Waals surface area contributed by atoms with E-state index in [0.29, 0.717) is 16.9 Å². The monoisotopic (exact) mass is 436 g/mol. The Hall–Kier alpha value is -3.32. The van der Waals surface area contributed by atoms with Gasteiger partial charge in [-0.3, -0.25) is 9.59 Å². The van der Waals surface area contributed by atoms with E-state index in [-0.39, 0.29) is 5.91 Å². The third-order valence-electron chi connectivity index (χ3n) is 4.98. The summed E-state index contributed by atoms with van der Waals surface area (Å²) >= 11 is 1.31. The molecule has 3 aromatic rings. The van der Waals surface area contributed by atoms with Crippen LogP contribution < -0.4 is 5.32 Å². The first-order valence-corrected chi connectivity index (χ1v) is 10.6. The van der Waals surface area contributed by atoms with E-state index in [0.717, 1.165) is 39.1 Å². The number of amides is 1. The summed E-state index contributed by atoms with van der Waals surface area (Å²) in [5, 5.41) is 3.58. The fourth-order valence-corrected chi connectivity index (χ4v) is 4.33. The number of nitrogens with zero attached hydrogens (tertiary/aromatic N) is 1. The van der Waals surface area contributed by atoms with Gasteiger partial charge in [-0.1, -0.05) is 42.0 Å². The summed E-state index contributed by atoms with van der Waals surface area (Å²) in [6, 6.07) is 10.6. The summed E-state index contributed by atoms with van der Waals surface area (Å²) in [7, 11) is 1.31. The molecule has 0 aliphatic carbocycles. The number of ether oxygens (including phenoxy) is 1. The molecule has 1 heterocycles. The zero-order valence-electron chi connectivity index (χ0n) is 17.9. The van der Waals surface area contributed by atoms with E-state index in [2.05, 4.69) is 10.3 Å².